The van der Waals surface area contributed by atoms with Crippen LogP contribution in [-0.4, -0.2) is 92.6 Å². The summed E-state index contributed by atoms with van der Waals surface area (Å²) in [6.45, 7) is -0.0293. The summed E-state index contributed by atoms with van der Waals surface area (Å²) in [6, 6.07) is 9.29. The average Bonchev–Trinajstić information content (AvgIpc) is 3.96. The maximum atomic E-state index is 14.7. The number of nitrogens with zero attached hydrogens (tertiary/aromatic N) is 5. The molecule has 0 bridgehead atoms. The number of amides is 4. The van der Waals surface area contributed by atoms with Crippen molar-refractivity contribution in [3.8, 4) is 22.5 Å². The highest BCUT2D eigenvalue weighted by Crippen LogP contribution is 2.46. The number of ether oxygens (including phenoxy) is 1. The Balaban J connectivity index is 1.13. The van der Waals surface area contributed by atoms with E-state index in [-0.39, 0.29) is 25.5 Å². The molecule has 5 aliphatic rings. The van der Waals surface area contributed by atoms with Gasteiger partial charge in [0.15, 0.2) is 0 Å². The second-order valence-corrected chi connectivity index (χ2v) is 17.8. The van der Waals surface area contributed by atoms with Crippen molar-refractivity contribution in [2.45, 2.75) is 118 Å². The minimum absolute atomic E-state index is 0.0293. The van der Waals surface area contributed by atoms with Crippen LogP contribution in [0.1, 0.15) is 89.5 Å². The second kappa shape index (κ2) is 16.0. The molecule has 0 unspecified atom stereocenters. The van der Waals surface area contributed by atoms with Crippen LogP contribution in [-0.2, 0) is 29.1 Å². The Morgan fingerprint density at radius 1 is 0.930 bits per heavy atom. The monoisotopic (exact) mass is 802 g/mol. The summed E-state index contributed by atoms with van der Waals surface area (Å²) in [5.74, 6) is -3.10. The molecule has 2 aromatic heterocycles. The minimum Gasteiger partial charge on any atom is -0.446 e. The Morgan fingerprint density at radius 2 is 1.67 bits per heavy atom. The number of allylic oxidation sites excluding steroid dienone is 1. The van der Waals surface area contributed by atoms with Crippen LogP contribution >= 0.6 is 0 Å². The molecule has 0 radical (unpaired) electrons. The van der Waals surface area contributed by atoms with Crippen LogP contribution in [0.5, 0.6) is 0 Å². The van der Waals surface area contributed by atoms with E-state index in [2.05, 4.69) is 20.3 Å². The molecular weight excluding hydrogens is 756 g/mol. The van der Waals surface area contributed by atoms with Crippen molar-refractivity contribution in [1.82, 2.24) is 40.2 Å². The van der Waals surface area contributed by atoms with Crippen LogP contribution in [0.3, 0.4) is 0 Å². The molecule has 0 spiro atoms. The van der Waals surface area contributed by atoms with Gasteiger partial charge in [0.2, 0.25) is 27.8 Å². The van der Waals surface area contributed by atoms with Crippen LogP contribution in [0.2, 0.25) is 0 Å². The number of hydrogen-bond acceptors (Lipinski definition) is 10. The Hall–Kier alpha value is -5.19. The summed E-state index contributed by atoms with van der Waals surface area (Å²) in [6.07, 6.45) is 11.9. The summed E-state index contributed by atoms with van der Waals surface area (Å²) in [5, 5.41) is 14.7. The number of carbonyl (C=O) groups excluding carboxylic acids is 4. The molecule has 1 aromatic carbocycles. The van der Waals surface area contributed by atoms with Gasteiger partial charge in [-0.1, -0.05) is 55.3 Å². The molecule has 3 saturated carbocycles. The van der Waals surface area contributed by atoms with Crippen LogP contribution in [0.4, 0.5) is 9.18 Å². The minimum atomic E-state index is -3.92. The van der Waals surface area contributed by atoms with E-state index in [4.69, 9.17) is 14.9 Å². The van der Waals surface area contributed by atoms with Gasteiger partial charge in [0.05, 0.1) is 11.3 Å². The van der Waals surface area contributed by atoms with Crippen LogP contribution in [0, 0.1) is 11.9 Å². The lowest BCUT2D eigenvalue weighted by Crippen LogP contribution is -2.58. The number of benzene rings is 1. The van der Waals surface area contributed by atoms with Gasteiger partial charge in [0.25, 0.3) is 5.91 Å². The predicted molar refractivity (Wildman–Crippen MR) is 205 cm³/mol. The molecule has 4 heterocycles. The van der Waals surface area contributed by atoms with Gasteiger partial charge in [0, 0.05) is 42.3 Å². The summed E-state index contributed by atoms with van der Waals surface area (Å²) < 4.78 is 48.1. The molecule has 4 amide bonds. The first-order chi connectivity index (χ1) is 27.5. The van der Waals surface area contributed by atoms with Gasteiger partial charge in [-0.2, -0.15) is 19.4 Å². The standard InChI is InChI=1S/C40H47FN8O7S/c41-33-21-26(19-20-42-33)35-34(25-11-5-4-6-12-25)45-49(46-35)28-22-32-36(50)44-40(38(52)47-57(54,55)30-17-18-30)23-27(40)13-7-2-1-3-8-16-31(37(51)48(32)24-28)43-39(53)56-29-14-9-10-15-29/h4-7,11-13,19-21,27-32H,1-3,8-10,14-18,22-24H2,(H,43,53)(H,44,50)(H,47,52)/b13-7+/t27-,28-,31-,32+,40-/m1/s1. The number of aromatic nitrogens is 4. The number of halogens is 1. The number of pyridine rings is 1. The topological polar surface area (TPSA) is 195 Å². The zero-order valence-electron chi connectivity index (χ0n) is 31.5. The van der Waals surface area contributed by atoms with E-state index in [9.17, 15) is 32.0 Å². The van der Waals surface area contributed by atoms with Gasteiger partial charge >= 0.3 is 6.09 Å². The number of fused-ring (bicyclic) bond motifs is 2. The van der Waals surface area contributed by atoms with E-state index in [0.29, 0.717) is 54.6 Å². The second-order valence-electron chi connectivity index (χ2n) is 15.9. The van der Waals surface area contributed by atoms with E-state index in [1.165, 1.54) is 22.0 Å². The molecular formula is C40H47FN8O7S. The predicted octanol–water partition coefficient (Wildman–Crippen LogP) is 4.33. The smallest absolute Gasteiger partial charge is 0.408 e. The van der Waals surface area contributed by atoms with Crippen LogP contribution < -0.4 is 15.4 Å². The van der Waals surface area contributed by atoms with Gasteiger partial charge in [-0.25, -0.2) is 18.2 Å². The van der Waals surface area contributed by atoms with Crippen LogP contribution in [0.15, 0.2) is 60.8 Å². The quantitative estimate of drug-likeness (QED) is 0.218. The molecule has 57 heavy (non-hydrogen) atoms. The maximum Gasteiger partial charge on any atom is 0.408 e. The van der Waals surface area contributed by atoms with Gasteiger partial charge < -0.3 is 20.3 Å². The third-order valence-corrected chi connectivity index (χ3v) is 13.5. The highest BCUT2D eigenvalue weighted by atomic mass is 32.2. The maximum absolute atomic E-state index is 14.7. The molecule has 3 aliphatic carbocycles. The fourth-order valence-corrected chi connectivity index (χ4v) is 9.66. The lowest BCUT2D eigenvalue weighted by molar-refractivity contribution is -0.141. The summed E-state index contributed by atoms with van der Waals surface area (Å²) in [7, 11) is -3.92. The Morgan fingerprint density at radius 3 is 2.40 bits per heavy atom. The number of carbonyl (C=O) groups is 4. The van der Waals surface area contributed by atoms with Crippen molar-refractivity contribution in [3.63, 3.8) is 0 Å². The van der Waals surface area contributed by atoms with E-state index in [0.717, 1.165) is 38.5 Å². The van der Waals surface area contributed by atoms with Gasteiger partial charge in [-0.05, 0) is 70.3 Å². The first-order valence-corrected chi connectivity index (χ1v) is 21.5. The normalized spacial score (nSPS) is 27.6. The largest absolute Gasteiger partial charge is 0.446 e. The van der Waals surface area contributed by atoms with Crippen molar-refractivity contribution in [1.29, 1.82) is 0 Å². The highest BCUT2D eigenvalue weighted by Gasteiger charge is 2.62. The third kappa shape index (κ3) is 8.43. The zero-order chi connectivity index (χ0) is 39.7. The fourth-order valence-electron chi connectivity index (χ4n) is 8.30. The first-order valence-electron chi connectivity index (χ1n) is 20.0. The number of nitrogens with one attached hydrogen (secondary N) is 3. The van der Waals surface area contributed by atoms with E-state index in [1.807, 2.05) is 42.5 Å². The third-order valence-electron chi connectivity index (χ3n) is 11.7. The average molecular weight is 803 g/mol. The van der Waals surface area contributed by atoms with Gasteiger partial charge in [-0.3, -0.25) is 19.1 Å². The Bertz CT molecular complexity index is 2160. The van der Waals surface area contributed by atoms with Crippen molar-refractivity contribution >= 4 is 33.8 Å². The van der Waals surface area contributed by atoms with Gasteiger partial charge in [-0.15, -0.1) is 0 Å². The van der Waals surface area contributed by atoms with Crippen molar-refractivity contribution in [3.05, 3.63) is 66.8 Å². The van der Waals surface area contributed by atoms with E-state index < -0.39 is 74.6 Å². The molecule has 1 saturated heterocycles. The number of sulfonamides is 1. The summed E-state index contributed by atoms with van der Waals surface area (Å²) in [5.41, 5.74) is 0.438. The molecule has 4 fully saturated rings. The molecule has 8 rings (SSSR count). The molecule has 3 aromatic rings. The van der Waals surface area contributed by atoms with Crippen molar-refractivity contribution in [2.75, 3.05) is 6.54 Å². The lowest BCUT2D eigenvalue weighted by atomic mass is 10.0. The van der Waals surface area contributed by atoms with Crippen molar-refractivity contribution in [2.24, 2.45) is 5.92 Å². The Kier molecular flexibility index (Phi) is 10.8. The highest BCUT2D eigenvalue weighted by molar-refractivity contribution is 7.91. The lowest BCUT2D eigenvalue weighted by Gasteiger charge is -2.30. The summed E-state index contributed by atoms with van der Waals surface area (Å²) >= 11 is 0. The van der Waals surface area contributed by atoms with E-state index >= 15 is 0 Å². The SMILES string of the molecule is O=C(N[C@@H]1CCCCC/C=C/[C@@H]2C[C@@]2(C(=O)NS(=O)(=O)C2CC2)NC(=O)[C@@H]2C[C@@H](n3nc(-c4ccccc4)c(-c4ccnc(F)c4)n3)CN2C1=O)OC1CCCC1. The molecule has 17 heteroatoms. The molecule has 3 N–H and O–H groups in total. The van der Waals surface area contributed by atoms with E-state index in [1.54, 1.807) is 6.07 Å². The molecule has 2 aliphatic heterocycles. The fraction of sp³-hybridized carbons (Fsp3) is 0.525. The van der Waals surface area contributed by atoms with Gasteiger partial charge in [0.1, 0.15) is 35.1 Å². The molecule has 15 nitrogen and oxygen atoms in total. The Labute approximate surface area is 330 Å². The first kappa shape index (κ1) is 38.7. The number of hydrogen-bond donors (Lipinski definition) is 3. The number of alkyl carbamates (subject to hydrolysis) is 1. The molecule has 302 valence electrons. The summed E-state index contributed by atoms with van der Waals surface area (Å²) in [4.78, 5) is 62.8. The molecule has 5 atom stereocenters. The van der Waals surface area contributed by atoms with Crippen LogP contribution in [0.25, 0.3) is 22.5 Å². The van der Waals surface area contributed by atoms with Crippen molar-refractivity contribution < 1.29 is 36.7 Å². The zero-order valence-corrected chi connectivity index (χ0v) is 32.3. The number of rotatable bonds is 8.